The number of aryl methyl sites for hydroxylation is 2. The molecular weight excluding hydrogens is 580 g/mol. The second-order valence-corrected chi connectivity index (χ2v) is 13.8. The summed E-state index contributed by atoms with van der Waals surface area (Å²) >= 11 is 0. The van der Waals surface area contributed by atoms with Crippen LogP contribution in [0.5, 0.6) is 11.5 Å². The molecule has 0 spiro atoms. The van der Waals surface area contributed by atoms with Gasteiger partial charge in [0.15, 0.2) is 11.6 Å². The summed E-state index contributed by atoms with van der Waals surface area (Å²) in [7, 11) is 3.78. The number of imidazole rings is 2. The molecule has 0 radical (unpaired) electrons. The lowest BCUT2D eigenvalue weighted by atomic mass is 9.85. The van der Waals surface area contributed by atoms with Gasteiger partial charge in [-0.1, -0.05) is 53.7 Å². The Labute approximate surface area is 268 Å². The fourth-order valence-corrected chi connectivity index (χ4v) is 5.40. The maximum Gasteiger partial charge on any atom is 0.283 e. The van der Waals surface area contributed by atoms with Crippen molar-refractivity contribution in [1.29, 1.82) is 0 Å². The van der Waals surface area contributed by atoms with E-state index in [-0.39, 0.29) is 35.2 Å². The Balaban J connectivity index is 1.30. The largest absolute Gasteiger partial charge is 0.489 e. The summed E-state index contributed by atoms with van der Waals surface area (Å²) in [5.74, 6) is 2.20. The highest BCUT2D eigenvalue weighted by molar-refractivity contribution is 5.70. The molecule has 0 aliphatic carbocycles. The van der Waals surface area contributed by atoms with Crippen LogP contribution in [-0.2, 0) is 24.9 Å². The van der Waals surface area contributed by atoms with E-state index in [1.54, 1.807) is 21.5 Å². The maximum absolute atomic E-state index is 13.4. The molecule has 4 aliphatic rings. The molecule has 10 heteroatoms. The van der Waals surface area contributed by atoms with Gasteiger partial charge in [-0.2, -0.15) is 0 Å². The van der Waals surface area contributed by atoms with Crippen LogP contribution < -0.4 is 20.6 Å². The number of ether oxygens (including phenoxy) is 2. The van der Waals surface area contributed by atoms with Gasteiger partial charge in [-0.25, -0.2) is 9.97 Å². The maximum atomic E-state index is 13.4. The minimum absolute atomic E-state index is 0.142. The summed E-state index contributed by atoms with van der Waals surface area (Å²) in [5.41, 5.74) is 3.35. The molecule has 0 fully saturated rings. The topological polar surface area (TPSA) is 98.1 Å². The van der Waals surface area contributed by atoms with E-state index in [0.29, 0.717) is 45.6 Å². The Morgan fingerprint density at radius 3 is 1.37 bits per heavy atom. The predicted octanol–water partition coefficient (Wildman–Crippen LogP) is 5.72. The summed E-state index contributed by atoms with van der Waals surface area (Å²) in [6.07, 6.45) is 10.7. The van der Waals surface area contributed by atoms with Crippen molar-refractivity contribution in [3.8, 4) is 45.6 Å². The third kappa shape index (κ3) is 5.82. The molecule has 4 heterocycles. The fourth-order valence-electron chi connectivity index (χ4n) is 5.40. The molecule has 0 saturated heterocycles. The molecule has 0 bridgehead atoms. The van der Waals surface area contributed by atoms with E-state index >= 15 is 0 Å². The number of hydrogen-bond acceptors (Lipinski definition) is 6. The zero-order valence-corrected chi connectivity index (χ0v) is 27.7. The third-order valence-electron chi connectivity index (χ3n) is 8.13. The zero-order valence-electron chi connectivity index (χ0n) is 27.7. The van der Waals surface area contributed by atoms with E-state index in [9.17, 15) is 9.59 Å². The molecule has 2 aromatic rings. The van der Waals surface area contributed by atoms with Gasteiger partial charge in [0.05, 0.1) is 0 Å². The lowest BCUT2D eigenvalue weighted by Gasteiger charge is -2.22. The van der Waals surface area contributed by atoms with E-state index in [1.807, 2.05) is 84.4 Å². The SMILES string of the molecule is Cn1ccn2c(=O)c(-c3cc(C(C)(C)C)ccc3OCCOc3ccc(C(C)(C)C)cc3-c3nc4cn(C)ccn-4c3=O)nc-2c1. The Morgan fingerprint density at radius 2 is 1.00 bits per heavy atom. The lowest BCUT2D eigenvalue weighted by molar-refractivity contribution is 0.218. The van der Waals surface area contributed by atoms with Crippen LogP contribution in [-0.4, -0.2) is 41.5 Å². The smallest absolute Gasteiger partial charge is 0.283 e. The summed E-state index contributed by atoms with van der Waals surface area (Å²) in [6, 6.07) is 11.8. The van der Waals surface area contributed by atoms with Crippen molar-refractivity contribution in [2.24, 2.45) is 14.1 Å². The first-order chi connectivity index (χ1) is 21.7. The molecular formula is C36H40N6O4. The normalized spacial score (nSPS) is 12.3. The Kier molecular flexibility index (Phi) is 7.62. The highest BCUT2D eigenvalue weighted by atomic mass is 16.5. The van der Waals surface area contributed by atoms with Crippen molar-refractivity contribution < 1.29 is 9.47 Å². The van der Waals surface area contributed by atoms with Gasteiger partial charge in [0.1, 0.15) is 36.1 Å². The molecule has 4 aliphatic heterocycles. The number of benzene rings is 2. The predicted molar refractivity (Wildman–Crippen MR) is 179 cm³/mol. The molecule has 6 rings (SSSR count). The fraction of sp³-hybridized carbons (Fsp3) is 0.333. The first-order valence-electron chi connectivity index (χ1n) is 15.3. The van der Waals surface area contributed by atoms with Crippen LogP contribution in [0.15, 0.2) is 83.2 Å². The highest BCUT2D eigenvalue weighted by Gasteiger charge is 2.24. The van der Waals surface area contributed by atoms with Crippen LogP contribution in [0.3, 0.4) is 0 Å². The Bertz CT molecular complexity index is 1950. The second kappa shape index (κ2) is 11.3. The average molecular weight is 621 g/mol. The van der Waals surface area contributed by atoms with Crippen LogP contribution >= 0.6 is 0 Å². The molecule has 0 saturated carbocycles. The van der Waals surface area contributed by atoms with Crippen LogP contribution in [0, 0.1) is 0 Å². The van der Waals surface area contributed by atoms with Gasteiger partial charge in [-0.05, 0) is 46.2 Å². The van der Waals surface area contributed by atoms with Gasteiger partial charge in [0.2, 0.25) is 0 Å². The molecule has 0 unspecified atom stereocenters. The van der Waals surface area contributed by atoms with Crippen molar-refractivity contribution in [1.82, 2.24) is 28.2 Å². The van der Waals surface area contributed by atoms with Crippen LogP contribution in [0.1, 0.15) is 52.7 Å². The molecule has 238 valence electrons. The van der Waals surface area contributed by atoms with E-state index in [0.717, 1.165) is 11.1 Å². The van der Waals surface area contributed by atoms with Crippen LogP contribution in [0.4, 0.5) is 0 Å². The summed E-state index contributed by atoms with van der Waals surface area (Å²) in [4.78, 5) is 36.2. The minimum atomic E-state index is -0.208. The van der Waals surface area contributed by atoms with Crippen molar-refractivity contribution in [3.05, 3.63) is 105 Å². The summed E-state index contributed by atoms with van der Waals surface area (Å²) in [5, 5.41) is 0. The van der Waals surface area contributed by atoms with Gasteiger partial charge in [-0.15, -0.1) is 0 Å². The van der Waals surface area contributed by atoms with Gasteiger partial charge >= 0.3 is 0 Å². The number of fused-ring (bicyclic) bond motifs is 2. The van der Waals surface area contributed by atoms with E-state index < -0.39 is 0 Å². The van der Waals surface area contributed by atoms with Crippen molar-refractivity contribution in [2.75, 3.05) is 13.2 Å². The van der Waals surface area contributed by atoms with Crippen molar-refractivity contribution in [2.45, 2.75) is 52.4 Å². The number of hydrogen-bond donors (Lipinski definition) is 0. The molecule has 0 aromatic heterocycles. The van der Waals surface area contributed by atoms with E-state index in [1.165, 1.54) is 0 Å². The van der Waals surface area contributed by atoms with Crippen LogP contribution in [0.25, 0.3) is 34.2 Å². The second-order valence-electron chi connectivity index (χ2n) is 13.8. The standard InChI is InChI=1S/C36H40N6O4/c1-35(2,3)23-9-11-27(25(19-23)31-33(43)41-15-13-39(7)21-29(41)37-31)45-17-18-46-28-12-10-24(36(4,5)6)20-26(28)32-34(44)42-16-14-40(8)22-30(42)38-32/h9-16,19-22H,17-18H2,1-8H3. The van der Waals surface area contributed by atoms with Gasteiger partial charge in [0, 0.05) is 62.4 Å². The molecule has 10 nitrogen and oxygen atoms in total. The van der Waals surface area contributed by atoms with Crippen molar-refractivity contribution in [3.63, 3.8) is 0 Å². The quantitative estimate of drug-likeness (QED) is 0.212. The molecule has 46 heavy (non-hydrogen) atoms. The molecule has 0 amide bonds. The van der Waals surface area contributed by atoms with Gasteiger partial charge in [0.25, 0.3) is 11.1 Å². The average Bonchev–Trinajstić information content (AvgIpc) is 3.49. The van der Waals surface area contributed by atoms with E-state index in [4.69, 9.17) is 9.47 Å². The van der Waals surface area contributed by atoms with Gasteiger partial charge < -0.3 is 18.6 Å². The first-order valence-corrected chi connectivity index (χ1v) is 15.3. The van der Waals surface area contributed by atoms with Crippen LogP contribution in [0.2, 0.25) is 0 Å². The highest BCUT2D eigenvalue weighted by Crippen LogP contribution is 2.35. The third-order valence-corrected chi connectivity index (χ3v) is 8.13. The van der Waals surface area contributed by atoms with E-state index in [2.05, 4.69) is 51.5 Å². The number of aromatic nitrogens is 6. The number of nitrogens with zero attached hydrogens (tertiary/aromatic N) is 6. The van der Waals surface area contributed by atoms with Crippen molar-refractivity contribution >= 4 is 0 Å². The Morgan fingerprint density at radius 1 is 0.609 bits per heavy atom. The summed E-state index contributed by atoms with van der Waals surface area (Å²) < 4.78 is 19.3. The molecule has 0 N–H and O–H groups in total. The first kappa shape index (κ1) is 30.9. The minimum Gasteiger partial charge on any atom is -0.489 e. The lowest BCUT2D eigenvalue weighted by Crippen LogP contribution is -2.17. The Hall–Kier alpha value is -5.12. The molecule has 0 atom stereocenters. The monoisotopic (exact) mass is 620 g/mol. The number of rotatable bonds is 7. The summed E-state index contributed by atoms with van der Waals surface area (Å²) in [6.45, 7) is 13.2. The van der Waals surface area contributed by atoms with Gasteiger partial charge in [-0.3, -0.25) is 18.7 Å². The zero-order chi connectivity index (χ0) is 33.0. The molecule has 2 aromatic carbocycles.